The summed E-state index contributed by atoms with van der Waals surface area (Å²) >= 11 is 3.42. The van der Waals surface area contributed by atoms with E-state index in [4.69, 9.17) is 18.6 Å². The molecule has 0 unspecified atom stereocenters. The van der Waals surface area contributed by atoms with Crippen LogP contribution in [-0.4, -0.2) is 19.7 Å². The van der Waals surface area contributed by atoms with Crippen LogP contribution in [0.4, 0.5) is 0 Å². The number of rotatable bonds is 7. The van der Waals surface area contributed by atoms with Crippen molar-refractivity contribution in [1.82, 2.24) is 0 Å². The first-order chi connectivity index (χ1) is 14.3. The molecule has 0 saturated heterocycles. The van der Waals surface area contributed by atoms with Crippen LogP contribution in [0.25, 0.3) is 11.0 Å². The molecule has 0 atom stereocenters. The molecule has 7 heteroatoms. The second kappa shape index (κ2) is 9.34. The van der Waals surface area contributed by atoms with Crippen molar-refractivity contribution in [2.75, 3.05) is 13.7 Å². The van der Waals surface area contributed by atoms with Gasteiger partial charge in [0, 0.05) is 17.0 Å². The number of esters is 1. The van der Waals surface area contributed by atoms with Crippen LogP contribution >= 0.6 is 15.9 Å². The van der Waals surface area contributed by atoms with E-state index in [2.05, 4.69) is 15.9 Å². The van der Waals surface area contributed by atoms with E-state index in [1.54, 1.807) is 12.1 Å². The summed E-state index contributed by atoms with van der Waals surface area (Å²) in [4.78, 5) is 24.7. The van der Waals surface area contributed by atoms with Crippen molar-refractivity contribution in [3.8, 4) is 11.5 Å². The van der Waals surface area contributed by atoms with E-state index in [0.29, 0.717) is 39.3 Å². The van der Waals surface area contributed by atoms with Gasteiger partial charge in [-0.2, -0.15) is 0 Å². The number of carbonyl (C=O) groups is 1. The van der Waals surface area contributed by atoms with E-state index in [1.165, 1.54) is 13.2 Å². The van der Waals surface area contributed by atoms with Crippen LogP contribution in [0.1, 0.15) is 40.4 Å². The maximum atomic E-state index is 12.7. The van der Waals surface area contributed by atoms with Crippen molar-refractivity contribution in [2.45, 2.75) is 33.8 Å². The largest absolute Gasteiger partial charge is 0.493 e. The Balaban J connectivity index is 1.87. The molecule has 0 aliphatic heterocycles. The van der Waals surface area contributed by atoms with Crippen LogP contribution in [-0.2, 0) is 11.3 Å². The average Bonchev–Trinajstić information content (AvgIpc) is 2.73. The molecule has 0 bridgehead atoms. The number of carbonyl (C=O) groups excluding carboxylic acids is 1. The third-order valence-corrected chi connectivity index (χ3v) is 5.38. The predicted molar refractivity (Wildman–Crippen MR) is 118 cm³/mol. The Hall–Kier alpha value is -2.80. The van der Waals surface area contributed by atoms with Crippen molar-refractivity contribution in [2.24, 2.45) is 0 Å². The molecule has 3 rings (SSSR count). The van der Waals surface area contributed by atoms with Crippen molar-refractivity contribution in [3.63, 3.8) is 0 Å². The summed E-state index contributed by atoms with van der Waals surface area (Å²) in [5, 5.41) is 0.743. The van der Waals surface area contributed by atoms with Crippen LogP contribution in [0.5, 0.6) is 11.5 Å². The van der Waals surface area contributed by atoms with E-state index in [1.807, 2.05) is 32.9 Å². The van der Waals surface area contributed by atoms with Gasteiger partial charge in [0.2, 0.25) is 0 Å². The Morgan fingerprint density at radius 2 is 1.93 bits per heavy atom. The third kappa shape index (κ3) is 4.51. The van der Waals surface area contributed by atoms with E-state index in [9.17, 15) is 9.59 Å². The highest BCUT2D eigenvalue weighted by Gasteiger charge is 2.18. The first-order valence-electron chi connectivity index (χ1n) is 9.56. The molecule has 0 aliphatic carbocycles. The van der Waals surface area contributed by atoms with Gasteiger partial charge in [-0.25, -0.2) is 9.59 Å². The summed E-state index contributed by atoms with van der Waals surface area (Å²) in [7, 11) is 1.51. The van der Waals surface area contributed by atoms with Crippen LogP contribution in [0, 0.1) is 13.8 Å². The van der Waals surface area contributed by atoms with Gasteiger partial charge in [-0.05, 0) is 59.5 Å². The summed E-state index contributed by atoms with van der Waals surface area (Å²) in [6.07, 6.45) is 0.845. The molecule has 30 heavy (non-hydrogen) atoms. The maximum Gasteiger partial charge on any atom is 0.338 e. The van der Waals surface area contributed by atoms with Crippen molar-refractivity contribution < 1.29 is 23.4 Å². The van der Waals surface area contributed by atoms with Gasteiger partial charge in [0.25, 0.3) is 0 Å². The number of hydrogen-bond donors (Lipinski definition) is 0. The molecule has 0 spiro atoms. The van der Waals surface area contributed by atoms with E-state index in [0.717, 1.165) is 22.9 Å². The summed E-state index contributed by atoms with van der Waals surface area (Å²) < 4.78 is 22.5. The van der Waals surface area contributed by atoms with E-state index < -0.39 is 11.6 Å². The first kappa shape index (κ1) is 21.9. The van der Waals surface area contributed by atoms with Crippen molar-refractivity contribution in [1.29, 1.82) is 0 Å². The lowest BCUT2D eigenvalue weighted by molar-refractivity contribution is 0.0473. The fourth-order valence-electron chi connectivity index (χ4n) is 3.05. The van der Waals surface area contributed by atoms with Gasteiger partial charge < -0.3 is 18.6 Å². The minimum Gasteiger partial charge on any atom is -0.493 e. The van der Waals surface area contributed by atoms with Gasteiger partial charge in [-0.1, -0.05) is 19.1 Å². The monoisotopic (exact) mass is 474 g/mol. The zero-order valence-electron chi connectivity index (χ0n) is 17.3. The molecule has 6 nitrogen and oxygen atoms in total. The summed E-state index contributed by atoms with van der Waals surface area (Å²) in [6, 6.07) is 8.36. The van der Waals surface area contributed by atoms with Gasteiger partial charge in [0.1, 0.15) is 12.2 Å². The molecule has 3 aromatic rings. The van der Waals surface area contributed by atoms with Gasteiger partial charge >= 0.3 is 11.6 Å². The van der Waals surface area contributed by atoms with Crippen LogP contribution < -0.4 is 15.1 Å². The zero-order valence-corrected chi connectivity index (χ0v) is 18.9. The molecule has 0 aliphatic rings. The molecule has 0 N–H and O–H groups in total. The zero-order chi connectivity index (χ0) is 21.8. The highest BCUT2D eigenvalue weighted by Crippen LogP contribution is 2.37. The number of halogens is 1. The summed E-state index contributed by atoms with van der Waals surface area (Å²) in [6.45, 7) is 6.31. The second-order valence-corrected chi connectivity index (χ2v) is 7.74. The highest BCUT2D eigenvalue weighted by molar-refractivity contribution is 9.10. The third-order valence-electron chi connectivity index (χ3n) is 4.79. The Labute approximate surface area is 182 Å². The van der Waals surface area contributed by atoms with Crippen molar-refractivity contribution in [3.05, 3.63) is 67.5 Å². The van der Waals surface area contributed by atoms with Gasteiger partial charge in [0.05, 0.1) is 23.8 Å². The molecule has 2 aromatic carbocycles. The lowest BCUT2D eigenvalue weighted by Crippen LogP contribution is -2.09. The van der Waals surface area contributed by atoms with E-state index in [-0.39, 0.29) is 6.61 Å². The highest BCUT2D eigenvalue weighted by atomic mass is 79.9. The SMILES string of the molecule is CCCOc1c(Br)cc(C(=O)OCc2cc(=O)oc3c(C)c(C)ccc23)cc1OC. The minimum atomic E-state index is -0.540. The van der Waals surface area contributed by atoms with Crippen LogP contribution in [0.2, 0.25) is 0 Å². The van der Waals surface area contributed by atoms with Crippen LogP contribution in [0.3, 0.4) is 0 Å². The topological polar surface area (TPSA) is 75.0 Å². The molecule has 158 valence electrons. The normalized spacial score (nSPS) is 10.8. The fourth-order valence-corrected chi connectivity index (χ4v) is 3.61. The second-order valence-electron chi connectivity index (χ2n) is 6.89. The lowest BCUT2D eigenvalue weighted by Gasteiger charge is -2.14. The average molecular weight is 475 g/mol. The molecule has 0 radical (unpaired) electrons. The minimum absolute atomic E-state index is 0.0581. The molecular formula is C23H23BrO6. The van der Waals surface area contributed by atoms with Crippen molar-refractivity contribution >= 4 is 32.9 Å². The predicted octanol–water partition coefficient (Wildman–Crippen LogP) is 5.33. The van der Waals surface area contributed by atoms with E-state index >= 15 is 0 Å². The first-order valence-corrected chi connectivity index (χ1v) is 10.3. The number of aryl methyl sites for hydroxylation is 2. The quantitative estimate of drug-likeness (QED) is 0.340. The number of benzene rings is 2. The summed E-state index contributed by atoms with van der Waals surface area (Å²) in [5.41, 5.74) is 2.82. The number of ether oxygens (including phenoxy) is 3. The molecule has 0 fully saturated rings. The van der Waals surface area contributed by atoms with Gasteiger partial charge in [-0.15, -0.1) is 0 Å². The maximum absolute atomic E-state index is 12.7. The number of methoxy groups -OCH3 is 1. The van der Waals surface area contributed by atoms with Crippen LogP contribution in [0.15, 0.2) is 44.0 Å². The Morgan fingerprint density at radius 1 is 1.17 bits per heavy atom. The Morgan fingerprint density at radius 3 is 2.63 bits per heavy atom. The molecular weight excluding hydrogens is 452 g/mol. The Bertz CT molecular complexity index is 1150. The molecule has 1 heterocycles. The molecule has 0 saturated carbocycles. The Kier molecular flexibility index (Phi) is 6.82. The number of fused-ring (bicyclic) bond motifs is 1. The molecule has 0 amide bonds. The standard InChI is InChI=1S/C23H23BrO6/c1-5-8-28-22-18(24)9-15(10-19(22)27-4)23(26)29-12-16-11-20(25)30-21-14(3)13(2)6-7-17(16)21/h6-7,9-11H,5,8,12H2,1-4H3. The fraction of sp³-hybridized carbons (Fsp3) is 0.304. The lowest BCUT2D eigenvalue weighted by atomic mass is 10.0. The molecule has 1 aromatic heterocycles. The number of hydrogen-bond acceptors (Lipinski definition) is 6. The summed E-state index contributed by atoms with van der Waals surface area (Å²) in [5.74, 6) is 0.427. The van der Waals surface area contributed by atoms with Gasteiger partial charge in [0.15, 0.2) is 11.5 Å². The smallest absolute Gasteiger partial charge is 0.338 e. The van der Waals surface area contributed by atoms with Gasteiger partial charge in [-0.3, -0.25) is 0 Å².